The summed E-state index contributed by atoms with van der Waals surface area (Å²) in [5.41, 5.74) is 2.64. The van der Waals surface area contributed by atoms with Gasteiger partial charge in [0.1, 0.15) is 18.1 Å². The molecule has 0 atom stereocenters. The standard InChI is InChI=1S/C23H14Cl4O3/c1-12-20(29-11-14-3-5-16(25)10-19(14)27)7-6-17-22(28)21(30-23(12)17)8-13-2-4-15(24)9-18(13)26/h2-10H,11H2,1H3/b21-8-. The fourth-order valence-electron chi connectivity index (χ4n) is 3.08. The number of carbonyl (C=O) groups excluding carboxylic acids is 1. The van der Waals surface area contributed by atoms with Gasteiger partial charge < -0.3 is 9.47 Å². The Hall–Kier alpha value is -2.17. The highest BCUT2D eigenvalue weighted by Crippen LogP contribution is 2.40. The maximum Gasteiger partial charge on any atom is 0.231 e. The summed E-state index contributed by atoms with van der Waals surface area (Å²) in [5.74, 6) is 1.04. The Morgan fingerprint density at radius 2 is 1.63 bits per heavy atom. The molecule has 0 aromatic heterocycles. The van der Waals surface area contributed by atoms with Crippen LogP contribution in [0.15, 0.2) is 54.3 Å². The highest BCUT2D eigenvalue weighted by Gasteiger charge is 2.30. The van der Waals surface area contributed by atoms with Crippen molar-refractivity contribution < 1.29 is 14.3 Å². The third-order valence-corrected chi connectivity index (χ3v) is 5.83. The normalized spacial score (nSPS) is 14.0. The lowest BCUT2D eigenvalue weighted by molar-refractivity contribution is 0.101. The van der Waals surface area contributed by atoms with Gasteiger partial charge in [0.05, 0.1) is 5.56 Å². The van der Waals surface area contributed by atoms with Gasteiger partial charge >= 0.3 is 0 Å². The van der Waals surface area contributed by atoms with Gasteiger partial charge in [-0.15, -0.1) is 0 Å². The summed E-state index contributed by atoms with van der Waals surface area (Å²) < 4.78 is 11.8. The molecule has 0 amide bonds. The van der Waals surface area contributed by atoms with Crippen LogP contribution in [0, 0.1) is 6.92 Å². The molecule has 0 N–H and O–H groups in total. The van der Waals surface area contributed by atoms with E-state index in [9.17, 15) is 4.79 Å². The topological polar surface area (TPSA) is 35.5 Å². The number of allylic oxidation sites excluding steroid dienone is 1. The van der Waals surface area contributed by atoms with Crippen molar-refractivity contribution in [1.29, 1.82) is 0 Å². The Labute approximate surface area is 193 Å². The monoisotopic (exact) mass is 478 g/mol. The van der Waals surface area contributed by atoms with Crippen LogP contribution < -0.4 is 9.47 Å². The molecule has 30 heavy (non-hydrogen) atoms. The van der Waals surface area contributed by atoms with E-state index in [-0.39, 0.29) is 18.1 Å². The molecule has 3 aromatic carbocycles. The Morgan fingerprint density at radius 1 is 0.933 bits per heavy atom. The molecule has 3 aromatic rings. The van der Waals surface area contributed by atoms with Crippen molar-refractivity contribution in [2.75, 3.05) is 0 Å². The number of hydrogen-bond donors (Lipinski definition) is 0. The fourth-order valence-corrected chi connectivity index (χ4v) is 4.00. The van der Waals surface area contributed by atoms with E-state index in [1.54, 1.807) is 48.5 Å². The maximum absolute atomic E-state index is 12.8. The number of hydrogen-bond acceptors (Lipinski definition) is 3. The fraction of sp³-hybridized carbons (Fsp3) is 0.0870. The van der Waals surface area contributed by atoms with Crippen LogP contribution >= 0.6 is 46.4 Å². The third kappa shape index (κ3) is 4.17. The van der Waals surface area contributed by atoms with E-state index < -0.39 is 0 Å². The molecule has 0 spiro atoms. The van der Waals surface area contributed by atoms with Crippen LogP contribution in [0.3, 0.4) is 0 Å². The Balaban J connectivity index is 1.59. The molecular weight excluding hydrogens is 466 g/mol. The van der Waals surface area contributed by atoms with E-state index in [0.29, 0.717) is 42.7 Å². The molecule has 0 radical (unpaired) electrons. The molecular formula is C23H14Cl4O3. The lowest BCUT2D eigenvalue weighted by atomic mass is 10.1. The number of benzene rings is 3. The molecule has 0 saturated heterocycles. The first-order valence-corrected chi connectivity index (χ1v) is 10.4. The smallest absolute Gasteiger partial charge is 0.231 e. The lowest BCUT2D eigenvalue weighted by Gasteiger charge is -2.12. The van der Waals surface area contributed by atoms with E-state index in [1.807, 2.05) is 13.0 Å². The van der Waals surface area contributed by atoms with Crippen LogP contribution in [0.4, 0.5) is 0 Å². The second-order valence-electron chi connectivity index (χ2n) is 6.70. The molecule has 0 bridgehead atoms. The summed E-state index contributed by atoms with van der Waals surface area (Å²) in [6.07, 6.45) is 1.61. The van der Waals surface area contributed by atoms with Crippen molar-refractivity contribution in [3.05, 3.63) is 96.6 Å². The lowest BCUT2D eigenvalue weighted by Crippen LogP contribution is -1.99. The number of rotatable bonds is 4. The van der Waals surface area contributed by atoms with Gasteiger partial charge in [0.15, 0.2) is 5.76 Å². The average molecular weight is 480 g/mol. The molecule has 4 rings (SSSR count). The Bertz CT molecular complexity index is 1200. The molecule has 0 aliphatic carbocycles. The minimum absolute atomic E-state index is 0.190. The van der Waals surface area contributed by atoms with E-state index in [4.69, 9.17) is 55.9 Å². The van der Waals surface area contributed by atoms with Crippen molar-refractivity contribution in [2.24, 2.45) is 0 Å². The van der Waals surface area contributed by atoms with E-state index >= 15 is 0 Å². The molecule has 1 aliphatic heterocycles. The molecule has 3 nitrogen and oxygen atoms in total. The summed E-state index contributed by atoms with van der Waals surface area (Å²) in [5, 5.41) is 2.03. The molecule has 0 fully saturated rings. The van der Waals surface area contributed by atoms with Gasteiger partial charge in [-0.05, 0) is 55.0 Å². The number of fused-ring (bicyclic) bond motifs is 1. The zero-order valence-corrected chi connectivity index (χ0v) is 18.7. The Kier molecular flexibility index (Phi) is 5.99. The van der Waals surface area contributed by atoms with Crippen LogP contribution in [0.1, 0.15) is 27.0 Å². The number of ether oxygens (including phenoxy) is 2. The zero-order chi connectivity index (χ0) is 21.4. The van der Waals surface area contributed by atoms with E-state index in [0.717, 1.165) is 11.1 Å². The SMILES string of the molecule is Cc1c(OCc2ccc(Cl)cc2Cl)ccc2c1O/C(=C\c1ccc(Cl)cc1Cl)C2=O. The molecule has 1 heterocycles. The van der Waals surface area contributed by atoms with Crippen LogP contribution in [0.5, 0.6) is 11.5 Å². The van der Waals surface area contributed by atoms with E-state index in [2.05, 4.69) is 0 Å². The number of carbonyl (C=O) groups is 1. The summed E-state index contributed by atoms with van der Waals surface area (Å²) in [4.78, 5) is 12.8. The van der Waals surface area contributed by atoms with Gasteiger partial charge in [-0.25, -0.2) is 0 Å². The minimum Gasteiger partial charge on any atom is -0.488 e. The van der Waals surface area contributed by atoms with Crippen molar-refractivity contribution in [1.82, 2.24) is 0 Å². The summed E-state index contributed by atoms with van der Waals surface area (Å²) in [6.45, 7) is 2.09. The molecule has 152 valence electrons. The van der Waals surface area contributed by atoms with Crippen molar-refractivity contribution in [2.45, 2.75) is 13.5 Å². The zero-order valence-electron chi connectivity index (χ0n) is 15.6. The van der Waals surface area contributed by atoms with Crippen molar-refractivity contribution in [3.8, 4) is 11.5 Å². The number of Topliss-reactive ketones (excluding diaryl/α,β-unsaturated/α-hetero) is 1. The van der Waals surface area contributed by atoms with E-state index in [1.165, 1.54) is 0 Å². The summed E-state index contributed by atoms with van der Waals surface area (Å²) in [6, 6.07) is 13.7. The Morgan fingerprint density at radius 3 is 2.33 bits per heavy atom. The largest absolute Gasteiger partial charge is 0.488 e. The first kappa shape index (κ1) is 21.1. The van der Waals surface area contributed by atoms with Gasteiger partial charge in [-0.1, -0.05) is 58.5 Å². The summed E-state index contributed by atoms with van der Waals surface area (Å²) in [7, 11) is 0. The van der Waals surface area contributed by atoms with Gasteiger partial charge in [0.25, 0.3) is 0 Å². The van der Waals surface area contributed by atoms with Gasteiger partial charge in [-0.3, -0.25) is 4.79 Å². The van der Waals surface area contributed by atoms with Crippen LogP contribution in [-0.4, -0.2) is 5.78 Å². The van der Waals surface area contributed by atoms with Crippen LogP contribution in [0.2, 0.25) is 20.1 Å². The predicted octanol–water partition coefficient (Wildman–Crippen LogP) is 7.80. The van der Waals surface area contributed by atoms with Gasteiger partial charge in [-0.2, -0.15) is 0 Å². The van der Waals surface area contributed by atoms with Crippen molar-refractivity contribution in [3.63, 3.8) is 0 Å². The molecule has 1 aliphatic rings. The first-order valence-electron chi connectivity index (χ1n) is 8.93. The molecule has 7 heteroatoms. The molecule has 0 saturated carbocycles. The number of ketones is 1. The average Bonchev–Trinajstić information content (AvgIpc) is 3.01. The molecule has 0 unspecified atom stereocenters. The minimum atomic E-state index is -0.216. The van der Waals surface area contributed by atoms with Gasteiger partial charge in [0, 0.05) is 31.2 Å². The third-order valence-electron chi connectivity index (χ3n) is 4.68. The highest BCUT2D eigenvalue weighted by atomic mass is 35.5. The number of halogens is 4. The quantitative estimate of drug-likeness (QED) is 0.358. The van der Waals surface area contributed by atoms with Crippen LogP contribution in [-0.2, 0) is 6.61 Å². The van der Waals surface area contributed by atoms with Gasteiger partial charge in [0.2, 0.25) is 5.78 Å². The predicted molar refractivity (Wildman–Crippen MR) is 121 cm³/mol. The van der Waals surface area contributed by atoms with Crippen molar-refractivity contribution >= 4 is 58.3 Å². The second-order valence-corrected chi connectivity index (χ2v) is 8.38. The second kappa shape index (κ2) is 8.52. The highest BCUT2D eigenvalue weighted by molar-refractivity contribution is 6.36. The van der Waals surface area contributed by atoms with Crippen LogP contribution in [0.25, 0.3) is 6.08 Å². The first-order chi connectivity index (χ1) is 14.3. The summed E-state index contributed by atoms with van der Waals surface area (Å²) >= 11 is 24.3. The maximum atomic E-state index is 12.8.